The Kier molecular flexibility index (Phi) is 2.70. The van der Waals surface area contributed by atoms with Crippen molar-refractivity contribution in [2.24, 2.45) is 11.3 Å². The van der Waals surface area contributed by atoms with Crippen molar-refractivity contribution >= 4 is 28.6 Å². The lowest BCUT2D eigenvalue weighted by Gasteiger charge is -2.16. The molecule has 2 aromatic heterocycles. The van der Waals surface area contributed by atoms with Crippen LogP contribution in [0, 0.1) is 11.3 Å². The fourth-order valence-corrected chi connectivity index (χ4v) is 3.95. The molecule has 21 heavy (non-hydrogen) atoms. The predicted molar refractivity (Wildman–Crippen MR) is 77.2 cm³/mol. The average molecular weight is 310 g/mol. The van der Waals surface area contributed by atoms with Gasteiger partial charge in [-0.25, -0.2) is 4.98 Å². The Labute approximate surface area is 126 Å². The SMILES string of the molecule is CNc1nc(Cl)nc2c1ncn2C1CC(O)C2(CO)CC12. The summed E-state index contributed by atoms with van der Waals surface area (Å²) in [6.45, 7) is 0.0273. The first-order chi connectivity index (χ1) is 10.1. The number of fused-ring (bicyclic) bond motifs is 2. The van der Waals surface area contributed by atoms with Crippen LogP contribution in [0.2, 0.25) is 5.28 Å². The number of nitrogens with zero attached hydrogens (tertiary/aromatic N) is 4. The van der Waals surface area contributed by atoms with Crippen LogP contribution in [0.1, 0.15) is 18.9 Å². The molecule has 0 saturated heterocycles. The summed E-state index contributed by atoms with van der Waals surface area (Å²) in [6.07, 6.45) is 2.69. The highest BCUT2D eigenvalue weighted by atomic mass is 35.5. The molecule has 2 aliphatic carbocycles. The molecule has 8 heteroatoms. The van der Waals surface area contributed by atoms with Gasteiger partial charge in [0.25, 0.3) is 0 Å². The number of anilines is 1. The molecule has 0 aliphatic heterocycles. The van der Waals surface area contributed by atoms with Gasteiger partial charge in [-0.15, -0.1) is 0 Å². The molecule has 2 heterocycles. The maximum atomic E-state index is 10.2. The summed E-state index contributed by atoms with van der Waals surface area (Å²) in [7, 11) is 1.76. The van der Waals surface area contributed by atoms with E-state index in [0.717, 1.165) is 6.42 Å². The van der Waals surface area contributed by atoms with Gasteiger partial charge in [0, 0.05) is 18.5 Å². The fraction of sp³-hybridized carbons (Fsp3) is 0.615. The number of aromatic nitrogens is 4. The average Bonchev–Trinajstić information content (AvgIpc) is 2.98. The Hall–Kier alpha value is -1.44. The maximum Gasteiger partial charge on any atom is 0.226 e. The molecule has 0 radical (unpaired) electrons. The van der Waals surface area contributed by atoms with E-state index in [2.05, 4.69) is 20.3 Å². The monoisotopic (exact) mass is 309 g/mol. The number of nitrogens with one attached hydrogen (secondary N) is 1. The molecule has 0 bridgehead atoms. The Morgan fingerprint density at radius 1 is 1.52 bits per heavy atom. The molecule has 4 rings (SSSR count). The van der Waals surface area contributed by atoms with E-state index < -0.39 is 6.10 Å². The van der Waals surface area contributed by atoms with Gasteiger partial charge in [0.1, 0.15) is 0 Å². The van der Waals surface area contributed by atoms with Gasteiger partial charge in [0.15, 0.2) is 17.0 Å². The number of rotatable bonds is 3. The Bertz CT molecular complexity index is 720. The third-order valence-electron chi connectivity index (χ3n) is 5.05. The third kappa shape index (κ3) is 1.65. The first-order valence-electron chi connectivity index (χ1n) is 6.97. The van der Waals surface area contributed by atoms with Crippen molar-refractivity contribution < 1.29 is 10.2 Å². The molecule has 0 aromatic carbocycles. The number of aliphatic hydroxyl groups is 2. The number of halogens is 1. The summed E-state index contributed by atoms with van der Waals surface area (Å²) in [4.78, 5) is 12.8. The second-order valence-corrected chi connectivity index (χ2v) is 6.27. The molecule has 2 aromatic rings. The third-order valence-corrected chi connectivity index (χ3v) is 5.22. The molecule has 0 spiro atoms. The first kappa shape index (κ1) is 13.2. The van der Waals surface area contributed by atoms with Crippen LogP contribution in [-0.4, -0.2) is 49.5 Å². The molecule has 2 aliphatic rings. The van der Waals surface area contributed by atoms with E-state index in [4.69, 9.17) is 11.6 Å². The first-order valence-corrected chi connectivity index (χ1v) is 7.35. The van der Waals surface area contributed by atoms with Crippen molar-refractivity contribution in [1.29, 1.82) is 0 Å². The highest BCUT2D eigenvalue weighted by molar-refractivity contribution is 6.28. The normalized spacial score (nSPS) is 34.2. The quantitative estimate of drug-likeness (QED) is 0.727. The molecule has 112 valence electrons. The fourth-order valence-electron chi connectivity index (χ4n) is 3.78. The van der Waals surface area contributed by atoms with Crippen LogP contribution in [0.3, 0.4) is 0 Å². The highest BCUT2D eigenvalue weighted by Crippen LogP contribution is 2.67. The minimum absolute atomic E-state index is 0.0273. The van der Waals surface area contributed by atoms with Gasteiger partial charge in [-0.05, 0) is 30.4 Å². The molecule has 4 atom stereocenters. The molecular weight excluding hydrogens is 294 g/mol. The summed E-state index contributed by atoms with van der Waals surface area (Å²) in [5, 5.41) is 22.9. The van der Waals surface area contributed by atoms with Crippen LogP contribution in [-0.2, 0) is 0 Å². The number of hydrogen-bond acceptors (Lipinski definition) is 6. The zero-order valence-corrected chi connectivity index (χ0v) is 12.2. The zero-order chi connectivity index (χ0) is 14.8. The number of aliphatic hydroxyl groups excluding tert-OH is 2. The lowest BCUT2D eigenvalue weighted by atomic mass is 10.0. The van der Waals surface area contributed by atoms with E-state index in [0.29, 0.717) is 23.4 Å². The predicted octanol–water partition coefficient (Wildman–Crippen LogP) is 0.826. The Morgan fingerprint density at radius 3 is 2.95 bits per heavy atom. The van der Waals surface area contributed by atoms with Gasteiger partial charge in [0.2, 0.25) is 5.28 Å². The van der Waals surface area contributed by atoms with Gasteiger partial charge >= 0.3 is 0 Å². The smallest absolute Gasteiger partial charge is 0.226 e. The Balaban J connectivity index is 1.81. The second kappa shape index (κ2) is 4.28. The van der Waals surface area contributed by atoms with Crippen molar-refractivity contribution in [3.05, 3.63) is 11.6 Å². The molecule has 3 N–H and O–H groups in total. The molecule has 2 saturated carbocycles. The van der Waals surface area contributed by atoms with E-state index in [1.807, 2.05) is 4.57 Å². The summed E-state index contributed by atoms with van der Waals surface area (Å²) in [6, 6.07) is 0.0906. The van der Waals surface area contributed by atoms with E-state index in [-0.39, 0.29) is 29.3 Å². The van der Waals surface area contributed by atoms with Crippen molar-refractivity contribution in [2.45, 2.75) is 25.0 Å². The second-order valence-electron chi connectivity index (χ2n) is 5.94. The topological polar surface area (TPSA) is 96.1 Å². The molecule has 4 unspecified atom stereocenters. The standard InChI is InChI=1S/C13H16ClN5O2/c1-15-10-9-11(18-12(14)17-10)19(5-16-9)7-2-8(21)13(4-20)3-6(7)13/h5-8,20-21H,2-4H2,1H3,(H,15,17,18). The Morgan fingerprint density at radius 2 is 2.33 bits per heavy atom. The van der Waals surface area contributed by atoms with Crippen LogP contribution in [0.5, 0.6) is 0 Å². The van der Waals surface area contributed by atoms with Crippen LogP contribution in [0.15, 0.2) is 6.33 Å². The number of imidazole rings is 1. The van der Waals surface area contributed by atoms with Crippen LogP contribution in [0.25, 0.3) is 11.2 Å². The minimum Gasteiger partial charge on any atom is -0.396 e. The van der Waals surface area contributed by atoms with E-state index in [9.17, 15) is 10.2 Å². The van der Waals surface area contributed by atoms with E-state index in [1.54, 1.807) is 13.4 Å². The van der Waals surface area contributed by atoms with Crippen LogP contribution < -0.4 is 5.32 Å². The zero-order valence-electron chi connectivity index (χ0n) is 11.5. The minimum atomic E-state index is -0.476. The van der Waals surface area contributed by atoms with Crippen molar-refractivity contribution in [2.75, 3.05) is 19.0 Å². The van der Waals surface area contributed by atoms with E-state index >= 15 is 0 Å². The lowest BCUT2D eigenvalue weighted by Crippen LogP contribution is -2.22. The lowest BCUT2D eigenvalue weighted by molar-refractivity contribution is 0.0600. The van der Waals surface area contributed by atoms with Gasteiger partial charge in [-0.1, -0.05) is 0 Å². The van der Waals surface area contributed by atoms with Crippen molar-refractivity contribution in [1.82, 2.24) is 19.5 Å². The van der Waals surface area contributed by atoms with E-state index in [1.165, 1.54) is 0 Å². The number of hydrogen-bond donors (Lipinski definition) is 3. The van der Waals surface area contributed by atoms with Gasteiger partial charge in [-0.2, -0.15) is 9.97 Å². The maximum absolute atomic E-state index is 10.2. The molecule has 7 nitrogen and oxygen atoms in total. The van der Waals surface area contributed by atoms with Crippen molar-refractivity contribution in [3.8, 4) is 0 Å². The molecular formula is C13H16ClN5O2. The summed E-state index contributed by atoms with van der Waals surface area (Å²) in [5.74, 6) is 0.855. The van der Waals surface area contributed by atoms with Crippen molar-refractivity contribution in [3.63, 3.8) is 0 Å². The van der Waals surface area contributed by atoms with Gasteiger partial charge < -0.3 is 20.1 Å². The highest BCUT2D eigenvalue weighted by Gasteiger charge is 2.67. The van der Waals surface area contributed by atoms with Gasteiger partial charge in [-0.3, -0.25) is 0 Å². The van der Waals surface area contributed by atoms with Crippen LogP contribution >= 0.6 is 11.6 Å². The largest absolute Gasteiger partial charge is 0.396 e. The molecule has 0 amide bonds. The van der Waals surface area contributed by atoms with Gasteiger partial charge in [0.05, 0.1) is 19.0 Å². The summed E-state index contributed by atoms with van der Waals surface area (Å²) in [5.41, 5.74) is 1.000. The molecule has 2 fully saturated rings. The summed E-state index contributed by atoms with van der Waals surface area (Å²) < 4.78 is 1.96. The summed E-state index contributed by atoms with van der Waals surface area (Å²) >= 11 is 5.98. The van der Waals surface area contributed by atoms with Crippen LogP contribution in [0.4, 0.5) is 5.82 Å².